The van der Waals surface area contributed by atoms with Crippen molar-refractivity contribution in [3.8, 4) is 11.8 Å². The number of rotatable bonds is 3. The molecule has 0 bridgehead atoms. The lowest BCUT2D eigenvalue weighted by Crippen LogP contribution is -2.33. The van der Waals surface area contributed by atoms with Gasteiger partial charge in [0.25, 0.3) is 5.56 Å². The average Bonchev–Trinajstić information content (AvgIpc) is 3.24. The summed E-state index contributed by atoms with van der Waals surface area (Å²) in [6.07, 6.45) is -4.71. The molecule has 37 heavy (non-hydrogen) atoms. The van der Waals surface area contributed by atoms with E-state index in [2.05, 4.69) is 15.0 Å². The summed E-state index contributed by atoms with van der Waals surface area (Å²) in [5.74, 6) is -0.851. The van der Waals surface area contributed by atoms with E-state index in [4.69, 9.17) is 5.73 Å². The Bertz CT molecular complexity index is 1630. The Morgan fingerprint density at radius 3 is 2.62 bits per heavy atom. The van der Waals surface area contributed by atoms with E-state index in [0.717, 1.165) is 35.2 Å². The Hall–Kier alpha value is -4.57. The summed E-state index contributed by atoms with van der Waals surface area (Å²) >= 11 is 0. The number of fused-ring (bicyclic) bond motifs is 1. The molecular formula is C24H17F4N7O2. The third-order valence-corrected chi connectivity index (χ3v) is 6.11. The first-order chi connectivity index (χ1) is 17.6. The summed E-state index contributed by atoms with van der Waals surface area (Å²) in [6, 6.07) is 8.93. The number of aliphatic hydroxyl groups is 1. The number of nitrogen functional groups attached to an aromatic ring is 1. The first-order valence-corrected chi connectivity index (χ1v) is 10.9. The number of aromatic nitrogens is 4. The van der Waals surface area contributed by atoms with E-state index >= 15 is 0 Å². The van der Waals surface area contributed by atoms with Gasteiger partial charge in [0.1, 0.15) is 35.4 Å². The highest BCUT2D eigenvalue weighted by molar-refractivity contribution is 5.82. The lowest BCUT2D eigenvalue weighted by atomic mass is 10.1. The van der Waals surface area contributed by atoms with E-state index in [9.17, 15) is 32.7 Å². The number of aliphatic hydroxyl groups excluding tert-OH is 1. The molecule has 5 rings (SSSR count). The maximum Gasteiger partial charge on any atom is 0.417 e. The van der Waals surface area contributed by atoms with Crippen LogP contribution in [0.2, 0.25) is 0 Å². The fourth-order valence-electron chi connectivity index (χ4n) is 4.58. The molecule has 3 N–H and O–H groups in total. The highest BCUT2D eigenvalue weighted by Crippen LogP contribution is 2.39. The fraction of sp³-hybridized carbons (Fsp3) is 0.208. The zero-order valence-electron chi connectivity index (χ0n) is 18.8. The molecule has 0 aliphatic carbocycles. The molecule has 1 aliphatic heterocycles. The lowest BCUT2D eigenvalue weighted by molar-refractivity contribution is -0.136. The average molecular weight is 511 g/mol. The summed E-state index contributed by atoms with van der Waals surface area (Å²) in [5.41, 5.74) is 3.21. The van der Waals surface area contributed by atoms with Crippen molar-refractivity contribution in [3.05, 3.63) is 81.9 Å². The van der Waals surface area contributed by atoms with Crippen LogP contribution in [0.25, 0.3) is 16.6 Å². The molecule has 4 aromatic rings. The minimum atomic E-state index is -4.85. The van der Waals surface area contributed by atoms with E-state index in [1.54, 1.807) is 0 Å². The molecule has 2 aromatic carbocycles. The standard InChI is InChI=1S/C24H17F4N7O2/c25-12-3-1-4-13(7-12)35-22(33-17-6-2-5-16(24(26,27)28)19(17)23(35)37)18-8-14(36)10-34(18)21-15(9-29)20(30)31-11-32-21/h1-7,11,14,18,36H,8,10H2,(H2,30,31,32)/t14-,18-/m0/s1. The van der Waals surface area contributed by atoms with Crippen LogP contribution in [-0.4, -0.2) is 37.3 Å². The number of nitrogens with zero attached hydrogens (tertiary/aromatic N) is 6. The zero-order valence-corrected chi connectivity index (χ0v) is 18.8. The van der Waals surface area contributed by atoms with Crippen molar-refractivity contribution in [1.82, 2.24) is 19.5 Å². The minimum Gasteiger partial charge on any atom is -0.391 e. The van der Waals surface area contributed by atoms with Gasteiger partial charge >= 0.3 is 6.18 Å². The molecule has 1 fully saturated rings. The molecule has 1 aliphatic rings. The van der Waals surface area contributed by atoms with Gasteiger partial charge in [0.2, 0.25) is 0 Å². The number of hydrogen-bond donors (Lipinski definition) is 2. The molecule has 0 saturated carbocycles. The van der Waals surface area contributed by atoms with Crippen molar-refractivity contribution in [1.29, 1.82) is 5.26 Å². The molecule has 9 nitrogen and oxygen atoms in total. The molecule has 0 amide bonds. The molecule has 2 aromatic heterocycles. The van der Waals surface area contributed by atoms with Crippen LogP contribution in [0.1, 0.15) is 29.4 Å². The maximum atomic E-state index is 14.2. The Labute approximate surface area is 206 Å². The van der Waals surface area contributed by atoms with Crippen LogP contribution < -0.4 is 16.2 Å². The summed E-state index contributed by atoms with van der Waals surface area (Å²) in [6.45, 7) is -0.0462. The zero-order chi connectivity index (χ0) is 26.5. The van der Waals surface area contributed by atoms with Gasteiger partial charge in [-0.15, -0.1) is 0 Å². The predicted octanol–water partition coefficient (Wildman–Crippen LogP) is 3.10. The number of halogens is 4. The smallest absolute Gasteiger partial charge is 0.391 e. The van der Waals surface area contributed by atoms with Crippen molar-refractivity contribution >= 4 is 22.5 Å². The summed E-state index contributed by atoms with van der Waals surface area (Å²) in [5, 5.41) is 19.5. The molecule has 1 saturated heterocycles. The third kappa shape index (κ3) is 4.11. The lowest BCUT2D eigenvalue weighted by Gasteiger charge is -2.28. The Balaban J connectivity index is 1.84. The van der Waals surface area contributed by atoms with E-state index in [-0.39, 0.29) is 47.2 Å². The summed E-state index contributed by atoms with van der Waals surface area (Å²) in [4.78, 5) is 27.5. The predicted molar refractivity (Wildman–Crippen MR) is 124 cm³/mol. The monoisotopic (exact) mass is 511 g/mol. The minimum absolute atomic E-state index is 0.0129. The van der Waals surface area contributed by atoms with Crippen molar-refractivity contribution < 1.29 is 22.7 Å². The van der Waals surface area contributed by atoms with E-state index in [0.29, 0.717) is 0 Å². The third-order valence-electron chi connectivity index (χ3n) is 6.11. The van der Waals surface area contributed by atoms with Gasteiger partial charge in [-0.2, -0.15) is 18.4 Å². The molecule has 2 atom stereocenters. The van der Waals surface area contributed by atoms with Gasteiger partial charge < -0.3 is 15.7 Å². The van der Waals surface area contributed by atoms with Gasteiger partial charge in [0.15, 0.2) is 5.82 Å². The Morgan fingerprint density at radius 2 is 1.92 bits per heavy atom. The number of nitriles is 1. The topological polar surface area (TPSA) is 134 Å². The molecule has 0 radical (unpaired) electrons. The van der Waals surface area contributed by atoms with Gasteiger partial charge in [-0.05, 0) is 30.3 Å². The van der Waals surface area contributed by atoms with Crippen LogP contribution in [0, 0.1) is 17.1 Å². The van der Waals surface area contributed by atoms with Gasteiger partial charge in [0.05, 0.1) is 34.3 Å². The first kappa shape index (κ1) is 24.1. The SMILES string of the molecule is N#Cc1c(N)ncnc1N1C[C@@H](O)C[C@H]1c1nc2cccc(C(F)(F)F)c2c(=O)n1-c1cccc(F)c1. The Kier molecular flexibility index (Phi) is 5.76. The van der Waals surface area contributed by atoms with Crippen LogP contribution >= 0.6 is 0 Å². The van der Waals surface area contributed by atoms with Crippen molar-refractivity contribution in [3.63, 3.8) is 0 Å². The second-order valence-corrected chi connectivity index (χ2v) is 8.41. The van der Waals surface area contributed by atoms with Crippen LogP contribution in [0.15, 0.2) is 53.6 Å². The highest BCUT2D eigenvalue weighted by Gasteiger charge is 2.39. The van der Waals surface area contributed by atoms with Gasteiger partial charge in [-0.25, -0.2) is 19.3 Å². The molecule has 3 heterocycles. The highest BCUT2D eigenvalue weighted by atomic mass is 19.4. The summed E-state index contributed by atoms with van der Waals surface area (Å²) in [7, 11) is 0. The maximum absolute atomic E-state index is 14.2. The summed E-state index contributed by atoms with van der Waals surface area (Å²) < 4.78 is 56.5. The van der Waals surface area contributed by atoms with E-state index < -0.39 is 40.6 Å². The Morgan fingerprint density at radius 1 is 1.16 bits per heavy atom. The van der Waals surface area contributed by atoms with Gasteiger partial charge in [-0.3, -0.25) is 9.36 Å². The largest absolute Gasteiger partial charge is 0.417 e. The number of alkyl halides is 3. The number of hydrogen-bond acceptors (Lipinski definition) is 8. The van der Waals surface area contributed by atoms with Gasteiger partial charge in [0, 0.05) is 13.0 Å². The number of anilines is 2. The van der Waals surface area contributed by atoms with Crippen LogP contribution in [0.3, 0.4) is 0 Å². The number of nitrogens with two attached hydrogens (primary N) is 1. The van der Waals surface area contributed by atoms with Crippen LogP contribution in [-0.2, 0) is 6.18 Å². The first-order valence-electron chi connectivity index (χ1n) is 10.9. The van der Waals surface area contributed by atoms with Crippen LogP contribution in [0.4, 0.5) is 29.2 Å². The van der Waals surface area contributed by atoms with Crippen molar-refractivity contribution in [2.45, 2.75) is 24.7 Å². The number of β-amino-alcohol motifs (C(OH)–C–C–N with tert-alkyl or cyclic N) is 1. The second kappa shape index (κ2) is 8.82. The van der Waals surface area contributed by atoms with Crippen molar-refractivity contribution in [2.75, 3.05) is 17.2 Å². The van der Waals surface area contributed by atoms with Crippen molar-refractivity contribution in [2.24, 2.45) is 0 Å². The molecule has 188 valence electrons. The molecule has 0 unspecified atom stereocenters. The molecule has 13 heteroatoms. The van der Waals surface area contributed by atoms with E-state index in [1.165, 1.54) is 23.1 Å². The second-order valence-electron chi connectivity index (χ2n) is 8.41. The fourth-order valence-corrected chi connectivity index (χ4v) is 4.58. The number of benzene rings is 2. The molecule has 0 spiro atoms. The quantitative estimate of drug-likeness (QED) is 0.401. The van der Waals surface area contributed by atoms with Crippen LogP contribution in [0.5, 0.6) is 0 Å². The molecular weight excluding hydrogens is 494 g/mol. The normalized spacial score (nSPS) is 17.8. The van der Waals surface area contributed by atoms with E-state index in [1.807, 2.05) is 6.07 Å². The van der Waals surface area contributed by atoms with Gasteiger partial charge in [-0.1, -0.05) is 12.1 Å².